The third-order valence-corrected chi connectivity index (χ3v) is 11.2. The van der Waals surface area contributed by atoms with Gasteiger partial charge in [-0.05, 0) is 114 Å². The summed E-state index contributed by atoms with van der Waals surface area (Å²) in [5.41, 5.74) is 14.0. The minimum Gasteiger partial charge on any atom is -0.460 e. The van der Waals surface area contributed by atoms with E-state index >= 15 is 0 Å². The van der Waals surface area contributed by atoms with Crippen molar-refractivity contribution in [3.8, 4) is 16.8 Å². The van der Waals surface area contributed by atoms with Crippen molar-refractivity contribution in [3.05, 3.63) is 168 Å². The Morgan fingerprint density at radius 3 is 2.13 bits per heavy atom. The van der Waals surface area contributed by atoms with Gasteiger partial charge < -0.3 is 17.8 Å². The molecule has 4 heteroatoms. The molecular formula is C49H31NO3. The van der Waals surface area contributed by atoms with Crippen LogP contribution in [0.2, 0.25) is 0 Å². The molecule has 0 amide bonds. The summed E-state index contributed by atoms with van der Waals surface area (Å²) in [6.45, 7) is 0. The second-order valence-corrected chi connectivity index (χ2v) is 14.4. The Hall–Kier alpha value is -6.78. The third kappa shape index (κ3) is 4.49. The zero-order valence-corrected chi connectivity index (χ0v) is 28.7. The molecule has 6 aromatic carbocycles. The number of aryl methyl sites for hydroxylation is 1. The Morgan fingerprint density at radius 1 is 0.547 bits per heavy atom. The number of rotatable bonds is 5. The van der Waals surface area contributed by atoms with E-state index in [-0.39, 0.29) is 0 Å². The highest BCUT2D eigenvalue weighted by Crippen LogP contribution is 2.44. The maximum atomic E-state index is 6.56. The van der Waals surface area contributed by atoms with Crippen LogP contribution in [0.25, 0.3) is 100 Å². The van der Waals surface area contributed by atoms with Crippen LogP contribution in [0.1, 0.15) is 29.0 Å². The molecule has 0 radical (unpaired) electrons. The van der Waals surface area contributed by atoms with Crippen molar-refractivity contribution in [1.29, 1.82) is 0 Å². The van der Waals surface area contributed by atoms with Gasteiger partial charge in [-0.2, -0.15) is 0 Å². The average molecular weight is 682 g/mol. The smallest absolute Gasteiger partial charge is 0.136 e. The highest BCUT2D eigenvalue weighted by molar-refractivity contribution is 6.21. The van der Waals surface area contributed by atoms with Gasteiger partial charge in [0.15, 0.2) is 0 Å². The highest BCUT2D eigenvalue weighted by Gasteiger charge is 2.24. The lowest BCUT2D eigenvalue weighted by molar-refractivity contribution is 0.547. The van der Waals surface area contributed by atoms with Crippen molar-refractivity contribution in [1.82, 2.24) is 4.57 Å². The standard InChI is InChI=1S/C49H31NO3/c1-2-6-35(7-3-1)50-36(17-12-29-10-11-29)25-34-24-30(13-18-41(34)50)32-15-20-44-39(27-32)48-46(52-44)22-23-47-49(48)40-28-33(16-21-45(40)53-47)31-14-19-43-38(26-31)37-8-4-5-9-42(37)51-43/h1-15,17-20,22-29H,16,21H2/b17-12-. The van der Waals surface area contributed by atoms with Crippen LogP contribution in [0.15, 0.2) is 159 Å². The fourth-order valence-electron chi connectivity index (χ4n) is 8.50. The van der Waals surface area contributed by atoms with Gasteiger partial charge in [-0.3, -0.25) is 0 Å². The van der Waals surface area contributed by atoms with Gasteiger partial charge in [-0.1, -0.05) is 72.8 Å². The quantitative estimate of drug-likeness (QED) is 0.170. The summed E-state index contributed by atoms with van der Waals surface area (Å²) >= 11 is 0. The molecule has 10 aromatic rings. The second-order valence-electron chi connectivity index (χ2n) is 14.4. The maximum Gasteiger partial charge on any atom is 0.136 e. The predicted molar refractivity (Wildman–Crippen MR) is 217 cm³/mol. The number of hydrogen-bond donors (Lipinski definition) is 0. The van der Waals surface area contributed by atoms with Crippen LogP contribution in [0.3, 0.4) is 0 Å². The third-order valence-electron chi connectivity index (χ3n) is 11.2. The Labute approximate surface area is 304 Å². The molecule has 0 atom stereocenters. The Kier molecular flexibility index (Phi) is 5.92. The van der Waals surface area contributed by atoms with Crippen molar-refractivity contribution in [2.45, 2.75) is 12.8 Å². The molecule has 0 saturated carbocycles. The fraction of sp³-hybridized carbons (Fsp3) is 0.0612. The molecule has 0 unspecified atom stereocenters. The van der Waals surface area contributed by atoms with Crippen LogP contribution in [0.4, 0.5) is 0 Å². The molecule has 0 spiro atoms. The van der Waals surface area contributed by atoms with Crippen molar-refractivity contribution >= 4 is 83.5 Å². The maximum absolute atomic E-state index is 6.56. The molecule has 0 fully saturated rings. The van der Waals surface area contributed by atoms with E-state index in [1.165, 1.54) is 33.3 Å². The largest absolute Gasteiger partial charge is 0.460 e. The molecule has 4 heterocycles. The van der Waals surface area contributed by atoms with Gasteiger partial charge in [0.05, 0.1) is 5.52 Å². The molecule has 250 valence electrons. The summed E-state index contributed by atoms with van der Waals surface area (Å²) in [4.78, 5) is 0. The van der Waals surface area contributed by atoms with Gasteiger partial charge in [0.1, 0.15) is 33.7 Å². The normalized spacial score (nSPS) is 14.5. The first-order valence-corrected chi connectivity index (χ1v) is 18.3. The van der Waals surface area contributed by atoms with Crippen molar-refractivity contribution in [2.75, 3.05) is 0 Å². The topological polar surface area (TPSA) is 44.4 Å². The number of allylic oxidation sites excluding steroid dienone is 4. The van der Waals surface area contributed by atoms with Crippen LogP contribution in [-0.2, 0) is 6.42 Å². The average Bonchev–Trinajstić information content (AvgIpc) is 3.52. The lowest BCUT2D eigenvalue weighted by Gasteiger charge is -2.13. The number of aromatic nitrogens is 1. The first kappa shape index (κ1) is 28.9. The SMILES string of the molecule is C1=CC1/C=C\c1cc2cc(-c3ccc4oc5ccc6oc7c(c6c5c4c3)C=C(c3ccc4oc5ccccc5c4c3)CC7)ccc2n1-c1ccccc1. The first-order valence-electron chi connectivity index (χ1n) is 18.3. The lowest BCUT2D eigenvalue weighted by Crippen LogP contribution is -1.96. The van der Waals surface area contributed by atoms with Gasteiger partial charge in [-0.15, -0.1) is 0 Å². The number of furan rings is 3. The summed E-state index contributed by atoms with van der Waals surface area (Å²) in [5.74, 6) is 1.50. The molecule has 2 aliphatic carbocycles. The van der Waals surface area contributed by atoms with Gasteiger partial charge in [0.25, 0.3) is 0 Å². The summed E-state index contributed by atoms with van der Waals surface area (Å²) in [6, 6.07) is 45.3. The van der Waals surface area contributed by atoms with E-state index in [2.05, 4.69) is 150 Å². The molecular weight excluding hydrogens is 651 g/mol. The monoisotopic (exact) mass is 681 g/mol. The van der Waals surface area contributed by atoms with Crippen LogP contribution >= 0.6 is 0 Å². The number of fused-ring (bicyclic) bond motifs is 11. The zero-order chi connectivity index (χ0) is 34.6. The summed E-state index contributed by atoms with van der Waals surface area (Å²) in [7, 11) is 0. The molecule has 4 nitrogen and oxygen atoms in total. The number of para-hydroxylation sites is 2. The van der Waals surface area contributed by atoms with Crippen molar-refractivity contribution < 1.29 is 13.3 Å². The fourth-order valence-corrected chi connectivity index (χ4v) is 8.50. The Balaban J connectivity index is 0.997. The molecule has 2 aliphatic rings. The highest BCUT2D eigenvalue weighted by atomic mass is 16.3. The van der Waals surface area contributed by atoms with E-state index in [0.29, 0.717) is 5.92 Å². The first-order chi connectivity index (χ1) is 26.2. The molecule has 4 aromatic heterocycles. The van der Waals surface area contributed by atoms with E-state index in [4.69, 9.17) is 13.3 Å². The minimum atomic E-state index is 0.464. The molecule has 12 rings (SSSR count). The summed E-state index contributed by atoms with van der Waals surface area (Å²) < 4.78 is 21.5. The summed E-state index contributed by atoms with van der Waals surface area (Å²) in [6.07, 6.45) is 13.0. The summed E-state index contributed by atoms with van der Waals surface area (Å²) in [5, 5.41) is 6.83. The van der Waals surface area contributed by atoms with Gasteiger partial charge >= 0.3 is 0 Å². The predicted octanol–water partition coefficient (Wildman–Crippen LogP) is 13.5. The van der Waals surface area contributed by atoms with E-state index < -0.39 is 0 Å². The number of benzene rings is 6. The van der Waals surface area contributed by atoms with Gasteiger partial charge in [0, 0.05) is 61.6 Å². The van der Waals surface area contributed by atoms with Gasteiger partial charge in [-0.25, -0.2) is 0 Å². The van der Waals surface area contributed by atoms with Crippen LogP contribution in [0, 0.1) is 5.92 Å². The Morgan fingerprint density at radius 2 is 1.25 bits per heavy atom. The van der Waals surface area contributed by atoms with Crippen molar-refractivity contribution in [3.63, 3.8) is 0 Å². The molecule has 0 bridgehead atoms. The van der Waals surface area contributed by atoms with E-state index in [1.807, 2.05) is 12.1 Å². The molecule has 53 heavy (non-hydrogen) atoms. The van der Waals surface area contributed by atoms with Gasteiger partial charge in [0.2, 0.25) is 0 Å². The van der Waals surface area contributed by atoms with E-state index in [0.717, 1.165) is 90.3 Å². The number of hydrogen-bond acceptors (Lipinski definition) is 3. The van der Waals surface area contributed by atoms with Crippen molar-refractivity contribution in [2.24, 2.45) is 5.92 Å². The molecule has 0 aliphatic heterocycles. The minimum absolute atomic E-state index is 0.464. The number of nitrogens with zero attached hydrogens (tertiary/aromatic N) is 1. The molecule has 0 saturated heterocycles. The van der Waals surface area contributed by atoms with Crippen LogP contribution < -0.4 is 0 Å². The van der Waals surface area contributed by atoms with Crippen LogP contribution in [0.5, 0.6) is 0 Å². The van der Waals surface area contributed by atoms with E-state index in [1.54, 1.807) is 0 Å². The second kappa shape index (κ2) is 10.9. The molecule has 0 N–H and O–H groups in total. The zero-order valence-electron chi connectivity index (χ0n) is 28.7. The van der Waals surface area contributed by atoms with Crippen LogP contribution in [-0.4, -0.2) is 4.57 Å². The lowest BCUT2D eigenvalue weighted by atomic mass is 9.90. The Bertz CT molecular complexity index is 3220. The van der Waals surface area contributed by atoms with E-state index in [9.17, 15) is 0 Å².